The van der Waals surface area contributed by atoms with Crippen LogP contribution >= 0.6 is 15.9 Å². The van der Waals surface area contributed by atoms with Gasteiger partial charge in [-0.15, -0.1) is 0 Å². The van der Waals surface area contributed by atoms with E-state index in [1.165, 1.54) is 25.3 Å². The van der Waals surface area contributed by atoms with E-state index in [4.69, 9.17) is 14.2 Å². The van der Waals surface area contributed by atoms with E-state index in [1.54, 1.807) is 48.5 Å². The summed E-state index contributed by atoms with van der Waals surface area (Å²) in [5.41, 5.74) is 1.89. The summed E-state index contributed by atoms with van der Waals surface area (Å²) in [6.07, 6.45) is 1.34. The lowest BCUT2D eigenvalue weighted by Gasteiger charge is -2.26. The van der Waals surface area contributed by atoms with Crippen molar-refractivity contribution in [3.8, 4) is 17.2 Å². The smallest absolute Gasteiger partial charge is 0.335 e. The molecule has 1 saturated heterocycles. The van der Waals surface area contributed by atoms with Crippen molar-refractivity contribution in [2.75, 3.05) is 12.0 Å². The third-order valence-electron chi connectivity index (χ3n) is 6.51. The topological polar surface area (TPSA) is 137 Å². The highest BCUT2D eigenvalue weighted by molar-refractivity contribution is 9.10. The van der Waals surface area contributed by atoms with Crippen LogP contribution < -0.4 is 24.4 Å². The van der Waals surface area contributed by atoms with Gasteiger partial charge < -0.3 is 14.2 Å². The lowest BCUT2D eigenvalue weighted by molar-refractivity contribution is -0.384. The normalized spacial score (nSPS) is 13.9. The Hall–Kier alpha value is -5.49. The van der Waals surface area contributed by atoms with Crippen molar-refractivity contribution in [3.63, 3.8) is 0 Å². The average molecular weight is 658 g/mol. The van der Waals surface area contributed by atoms with Crippen LogP contribution in [0.4, 0.5) is 16.2 Å². The van der Waals surface area contributed by atoms with Crippen molar-refractivity contribution < 1.29 is 33.5 Å². The quantitative estimate of drug-likeness (QED) is 0.0922. The molecule has 5 rings (SSSR count). The number of nitro groups is 1. The van der Waals surface area contributed by atoms with Crippen molar-refractivity contribution in [2.45, 2.75) is 13.2 Å². The summed E-state index contributed by atoms with van der Waals surface area (Å²) in [4.78, 5) is 50.3. The standard InChI is InChI=1S/C32H24BrN3O8/c1-42-28-17-22(16-27(33)29(28)44-19-21-8-5-9-24(14-21)36(40)41)15-26-30(37)34-32(39)35(31(26)38)23-10-12-25(13-11-23)43-18-20-6-3-2-4-7-20/h2-17H,18-19H2,1H3,(H,34,37,39)/b26-15+. The zero-order valence-corrected chi connectivity index (χ0v) is 24.8. The summed E-state index contributed by atoms with van der Waals surface area (Å²) in [6, 6.07) is 24.3. The molecule has 1 N–H and O–H groups in total. The number of nitrogens with one attached hydrogen (secondary N) is 1. The fourth-order valence-electron chi connectivity index (χ4n) is 4.37. The van der Waals surface area contributed by atoms with Gasteiger partial charge in [0.1, 0.15) is 24.5 Å². The van der Waals surface area contributed by atoms with Gasteiger partial charge in [0.25, 0.3) is 17.5 Å². The number of barbiturate groups is 1. The molecular weight excluding hydrogens is 634 g/mol. The Balaban J connectivity index is 1.34. The highest BCUT2D eigenvalue weighted by atomic mass is 79.9. The van der Waals surface area contributed by atoms with Gasteiger partial charge in [0, 0.05) is 12.1 Å². The molecule has 0 atom stereocenters. The molecule has 4 aromatic rings. The number of carbonyl (C=O) groups is 3. The highest BCUT2D eigenvalue weighted by Gasteiger charge is 2.37. The fraction of sp³-hybridized carbons (Fsp3) is 0.0938. The second-order valence-electron chi connectivity index (χ2n) is 9.48. The highest BCUT2D eigenvalue weighted by Crippen LogP contribution is 2.38. The van der Waals surface area contributed by atoms with E-state index in [-0.39, 0.29) is 29.3 Å². The molecule has 0 aromatic heterocycles. The molecule has 1 heterocycles. The predicted molar refractivity (Wildman–Crippen MR) is 164 cm³/mol. The summed E-state index contributed by atoms with van der Waals surface area (Å²) in [5, 5.41) is 13.3. The number of benzene rings is 4. The molecule has 0 unspecified atom stereocenters. The number of non-ortho nitro benzene ring substituents is 1. The summed E-state index contributed by atoms with van der Waals surface area (Å²) in [6.45, 7) is 0.369. The Kier molecular flexibility index (Phi) is 9.01. The lowest BCUT2D eigenvalue weighted by Crippen LogP contribution is -2.54. The number of amides is 4. The van der Waals surface area contributed by atoms with Gasteiger partial charge in [-0.3, -0.25) is 25.0 Å². The van der Waals surface area contributed by atoms with Crippen molar-refractivity contribution >= 4 is 51.2 Å². The van der Waals surface area contributed by atoms with Crippen molar-refractivity contribution in [2.24, 2.45) is 0 Å². The van der Waals surface area contributed by atoms with Gasteiger partial charge in [0.2, 0.25) is 0 Å². The summed E-state index contributed by atoms with van der Waals surface area (Å²) in [5.74, 6) is -0.525. The first-order valence-corrected chi connectivity index (χ1v) is 13.9. The molecule has 11 nitrogen and oxygen atoms in total. The molecule has 12 heteroatoms. The van der Waals surface area contributed by atoms with E-state index in [0.717, 1.165) is 10.5 Å². The molecule has 222 valence electrons. The van der Waals surface area contributed by atoms with Crippen LogP contribution in [-0.2, 0) is 22.8 Å². The summed E-state index contributed by atoms with van der Waals surface area (Å²) in [7, 11) is 1.42. The van der Waals surface area contributed by atoms with Gasteiger partial charge in [-0.1, -0.05) is 42.5 Å². The maximum atomic E-state index is 13.4. The largest absolute Gasteiger partial charge is 0.493 e. The van der Waals surface area contributed by atoms with E-state index in [9.17, 15) is 24.5 Å². The molecule has 0 radical (unpaired) electrons. The molecule has 44 heavy (non-hydrogen) atoms. The van der Waals surface area contributed by atoms with Crippen LogP contribution in [0.25, 0.3) is 6.08 Å². The van der Waals surface area contributed by atoms with E-state index >= 15 is 0 Å². The van der Waals surface area contributed by atoms with Gasteiger partial charge >= 0.3 is 6.03 Å². The van der Waals surface area contributed by atoms with Crippen molar-refractivity contribution in [3.05, 3.63) is 128 Å². The molecule has 1 fully saturated rings. The fourth-order valence-corrected chi connectivity index (χ4v) is 4.94. The zero-order valence-electron chi connectivity index (χ0n) is 23.2. The van der Waals surface area contributed by atoms with Gasteiger partial charge in [0.15, 0.2) is 11.5 Å². The number of imide groups is 2. The number of rotatable bonds is 10. The van der Waals surface area contributed by atoms with E-state index < -0.39 is 22.8 Å². The van der Waals surface area contributed by atoms with E-state index in [0.29, 0.717) is 33.7 Å². The van der Waals surface area contributed by atoms with Crippen LogP contribution in [0.1, 0.15) is 16.7 Å². The maximum absolute atomic E-state index is 13.4. The molecule has 4 aromatic carbocycles. The van der Waals surface area contributed by atoms with Crippen molar-refractivity contribution in [1.82, 2.24) is 5.32 Å². The monoisotopic (exact) mass is 657 g/mol. The van der Waals surface area contributed by atoms with E-state index in [2.05, 4.69) is 21.2 Å². The third kappa shape index (κ3) is 6.76. The predicted octanol–water partition coefficient (Wildman–Crippen LogP) is 6.19. The Morgan fingerprint density at radius 3 is 2.30 bits per heavy atom. The maximum Gasteiger partial charge on any atom is 0.335 e. The van der Waals surface area contributed by atoms with Gasteiger partial charge in [0.05, 0.1) is 22.2 Å². The molecule has 0 spiro atoms. The van der Waals surface area contributed by atoms with Gasteiger partial charge in [-0.05, 0) is 75.1 Å². The number of methoxy groups -OCH3 is 1. The minimum atomic E-state index is -0.876. The number of hydrogen-bond acceptors (Lipinski definition) is 8. The number of halogens is 1. The molecule has 0 aliphatic carbocycles. The molecular formula is C32H24BrN3O8. The van der Waals surface area contributed by atoms with E-state index in [1.807, 2.05) is 30.3 Å². The number of nitrogens with zero attached hydrogens (tertiary/aromatic N) is 2. The number of carbonyl (C=O) groups excluding carboxylic acids is 3. The van der Waals surface area contributed by atoms with Gasteiger partial charge in [-0.25, -0.2) is 9.69 Å². The molecule has 0 bridgehead atoms. The van der Waals surface area contributed by atoms with Crippen LogP contribution in [0.5, 0.6) is 17.2 Å². The minimum absolute atomic E-state index is 0.0190. The first-order valence-electron chi connectivity index (χ1n) is 13.2. The Morgan fingerprint density at radius 2 is 1.59 bits per heavy atom. The van der Waals surface area contributed by atoms with Crippen LogP contribution in [0.15, 0.2) is 101 Å². The SMILES string of the molecule is COc1cc(/C=C2\C(=O)NC(=O)N(c3ccc(OCc4ccccc4)cc3)C2=O)cc(Br)c1OCc1cccc([N+](=O)[O-])c1. The van der Waals surface area contributed by atoms with Crippen LogP contribution in [0, 0.1) is 10.1 Å². The van der Waals surface area contributed by atoms with Crippen LogP contribution in [0.2, 0.25) is 0 Å². The Bertz CT molecular complexity index is 1770. The van der Waals surface area contributed by atoms with Gasteiger partial charge in [-0.2, -0.15) is 0 Å². The number of ether oxygens (including phenoxy) is 3. The zero-order chi connectivity index (χ0) is 31.2. The second-order valence-corrected chi connectivity index (χ2v) is 10.3. The lowest BCUT2D eigenvalue weighted by atomic mass is 10.1. The number of nitro benzene ring substituents is 1. The van der Waals surface area contributed by atoms with Crippen LogP contribution in [0.3, 0.4) is 0 Å². The molecule has 4 amide bonds. The summed E-state index contributed by atoms with van der Waals surface area (Å²) >= 11 is 3.43. The first-order chi connectivity index (χ1) is 21.2. The molecule has 1 aliphatic rings. The molecule has 1 aliphatic heterocycles. The Labute approximate surface area is 259 Å². The summed E-state index contributed by atoms with van der Waals surface area (Å²) < 4.78 is 17.6. The third-order valence-corrected chi connectivity index (χ3v) is 7.10. The second kappa shape index (κ2) is 13.2. The van der Waals surface area contributed by atoms with Crippen LogP contribution in [-0.4, -0.2) is 29.9 Å². The number of anilines is 1. The van der Waals surface area contributed by atoms with Crippen molar-refractivity contribution in [1.29, 1.82) is 0 Å². The first kappa shape index (κ1) is 30.0. The molecule has 0 saturated carbocycles. The number of urea groups is 1. The minimum Gasteiger partial charge on any atom is -0.493 e. The average Bonchev–Trinajstić information content (AvgIpc) is 3.02. The Morgan fingerprint density at radius 1 is 0.886 bits per heavy atom. The number of hydrogen-bond donors (Lipinski definition) is 1.